The maximum absolute atomic E-state index is 12.5. The highest BCUT2D eigenvalue weighted by atomic mass is 32.2. The molecule has 1 N–H and O–H groups in total. The normalized spacial score (nSPS) is 12.4. The number of amides is 1. The second kappa shape index (κ2) is 6.84. The number of benzene rings is 1. The van der Waals surface area contributed by atoms with E-state index in [0.29, 0.717) is 10.9 Å². The van der Waals surface area contributed by atoms with Gasteiger partial charge in [-0.05, 0) is 52.3 Å². The highest BCUT2D eigenvalue weighted by Crippen LogP contribution is 2.23. The van der Waals surface area contributed by atoms with Crippen molar-refractivity contribution in [2.24, 2.45) is 0 Å². The molecule has 0 saturated heterocycles. The van der Waals surface area contributed by atoms with Gasteiger partial charge in [-0.3, -0.25) is 4.79 Å². The monoisotopic (exact) mass is 355 g/mol. The summed E-state index contributed by atoms with van der Waals surface area (Å²) in [7, 11) is 0. The molecule has 3 aromatic rings. The Morgan fingerprint density at radius 2 is 1.92 bits per heavy atom. The van der Waals surface area contributed by atoms with E-state index in [9.17, 15) is 4.79 Å². The molecule has 0 radical (unpaired) electrons. The van der Waals surface area contributed by atoms with Crippen molar-refractivity contribution in [3.8, 4) is 0 Å². The Hall–Kier alpha value is -2.41. The molecule has 3 rings (SSSR count). The van der Waals surface area contributed by atoms with Gasteiger partial charge in [0.1, 0.15) is 0 Å². The third-order valence-electron chi connectivity index (χ3n) is 3.89. The minimum Gasteiger partial charge on any atom is -0.325 e. The number of rotatable bonds is 4. The Labute approximate surface area is 151 Å². The number of carbonyl (C=O) groups is 1. The van der Waals surface area contributed by atoms with E-state index < -0.39 is 0 Å². The third-order valence-corrected chi connectivity index (χ3v) is 4.84. The Balaban J connectivity index is 1.74. The number of hydrogen-bond acceptors (Lipinski definition) is 5. The molecule has 0 saturated carbocycles. The molecule has 1 unspecified atom stereocenters. The molecule has 6 nitrogen and oxygen atoms in total. The Kier molecular flexibility index (Phi) is 4.76. The van der Waals surface area contributed by atoms with E-state index in [2.05, 4.69) is 20.4 Å². The van der Waals surface area contributed by atoms with E-state index >= 15 is 0 Å². The first-order valence-corrected chi connectivity index (χ1v) is 8.97. The van der Waals surface area contributed by atoms with Crippen molar-refractivity contribution in [2.45, 2.75) is 45.0 Å². The second-order valence-corrected chi connectivity index (χ2v) is 7.52. The number of nitrogens with zero attached hydrogens (tertiary/aromatic N) is 4. The van der Waals surface area contributed by atoms with Crippen LogP contribution in [0.4, 0.5) is 5.69 Å². The number of aryl methyl sites for hydroxylation is 4. The smallest absolute Gasteiger partial charge is 0.253 e. The number of hydrogen-bond donors (Lipinski definition) is 1. The molecule has 2 heterocycles. The molecule has 0 aliphatic rings. The summed E-state index contributed by atoms with van der Waals surface area (Å²) in [6, 6.07) is 7.92. The predicted molar refractivity (Wildman–Crippen MR) is 100 cm³/mol. The topological polar surface area (TPSA) is 72.2 Å². The molecule has 0 spiro atoms. The zero-order valence-electron chi connectivity index (χ0n) is 15.0. The summed E-state index contributed by atoms with van der Waals surface area (Å²) in [6.45, 7) is 9.75. The molecular formula is C18H21N5OS. The first kappa shape index (κ1) is 17.4. The Morgan fingerprint density at radius 1 is 1.16 bits per heavy atom. The van der Waals surface area contributed by atoms with Gasteiger partial charge < -0.3 is 5.32 Å². The summed E-state index contributed by atoms with van der Waals surface area (Å²) >= 11 is 1.33. The lowest BCUT2D eigenvalue weighted by molar-refractivity contribution is -0.115. The van der Waals surface area contributed by atoms with Crippen molar-refractivity contribution in [1.82, 2.24) is 19.6 Å². The van der Waals surface area contributed by atoms with Crippen LogP contribution in [-0.4, -0.2) is 30.7 Å². The van der Waals surface area contributed by atoms with Gasteiger partial charge in [0.05, 0.1) is 5.25 Å². The fourth-order valence-electron chi connectivity index (χ4n) is 2.60. The van der Waals surface area contributed by atoms with Gasteiger partial charge in [0.2, 0.25) is 11.1 Å². The zero-order chi connectivity index (χ0) is 18.1. The average molecular weight is 355 g/mol. The van der Waals surface area contributed by atoms with Crippen molar-refractivity contribution in [1.29, 1.82) is 0 Å². The molecule has 0 aliphatic heterocycles. The summed E-state index contributed by atoms with van der Waals surface area (Å²) in [4.78, 5) is 21.3. The molecule has 0 fully saturated rings. The number of thioether (sulfide) groups is 1. The van der Waals surface area contributed by atoms with Crippen LogP contribution < -0.4 is 5.32 Å². The van der Waals surface area contributed by atoms with Crippen LogP contribution in [0.15, 0.2) is 29.4 Å². The van der Waals surface area contributed by atoms with E-state index in [-0.39, 0.29) is 11.2 Å². The van der Waals surface area contributed by atoms with Gasteiger partial charge >= 0.3 is 0 Å². The van der Waals surface area contributed by atoms with E-state index in [1.54, 1.807) is 4.52 Å². The van der Waals surface area contributed by atoms with Crippen LogP contribution in [0.5, 0.6) is 0 Å². The summed E-state index contributed by atoms with van der Waals surface area (Å²) in [5, 5.41) is 7.64. The number of nitrogens with one attached hydrogen (secondary N) is 1. The van der Waals surface area contributed by atoms with Crippen molar-refractivity contribution in [2.75, 3.05) is 5.32 Å². The highest BCUT2D eigenvalue weighted by Gasteiger charge is 2.19. The van der Waals surface area contributed by atoms with Crippen molar-refractivity contribution in [3.63, 3.8) is 0 Å². The summed E-state index contributed by atoms with van der Waals surface area (Å²) in [6.07, 6.45) is 0. The summed E-state index contributed by atoms with van der Waals surface area (Å²) in [5.41, 5.74) is 4.92. The zero-order valence-corrected chi connectivity index (χ0v) is 15.8. The number of aromatic nitrogens is 4. The van der Waals surface area contributed by atoms with Crippen LogP contribution in [-0.2, 0) is 4.79 Å². The fraction of sp³-hybridized carbons (Fsp3) is 0.333. The van der Waals surface area contributed by atoms with Crippen LogP contribution in [0.1, 0.15) is 29.4 Å². The van der Waals surface area contributed by atoms with Gasteiger partial charge in [-0.25, -0.2) is 9.50 Å². The molecule has 1 amide bonds. The average Bonchev–Trinajstić information content (AvgIpc) is 2.92. The Bertz CT molecular complexity index is 950. The van der Waals surface area contributed by atoms with Crippen LogP contribution in [0, 0.1) is 27.7 Å². The first-order chi connectivity index (χ1) is 11.8. The van der Waals surface area contributed by atoms with E-state index in [0.717, 1.165) is 22.6 Å². The molecule has 2 aromatic heterocycles. The lowest BCUT2D eigenvalue weighted by atomic mass is 10.1. The van der Waals surface area contributed by atoms with Crippen molar-refractivity contribution >= 4 is 29.1 Å². The van der Waals surface area contributed by atoms with Crippen LogP contribution >= 0.6 is 11.8 Å². The van der Waals surface area contributed by atoms with Gasteiger partial charge in [0.25, 0.3) is 5.78 Å². The lowest BCUT2D eigenvalue weighted by Gasteiger charge is -2.12. The number of carbonyl (C=O) groups excluding carboxylic acids is 1. The first-order valence-electron chi connectivity index (χ1n) is 8.09. The van der Waals surface area contributed by atoms with Gasteiger partial charge in [-0.2, -0.15) is 4.98 Å². The minimum absolute atomic E-state index is 0.0725. The van der Waals surface area contributed by atoms with E-state index in [1.807, 2.05) is 58.9 Å². The van der Waals surface area contributed by atoms with Gasteiger partial charge in [0, 0.05) is 17.1 Å². The SMILES string of the molecule is Cc1ccc(NC(=O)C(C)Sc2nc3nc(C)cc(C)n3n2)c(C)c1. The van der Waals surface area contributed by atoms with E-state index in [1.165, 1.54) is 17.3 Å². The second-order valence-electron chi connectivity index (χ2n) is 6.21. The lowest BCUT2D eigenvalue weighted by Crippen LogP contribution is -2.23. The van der Waals surface area contributed by atoms with Gasteiger partial charge in [-0.15, -0.1) is 5.10 Å². The van der Waals surface area contributed by atoms with Crippen molar-refractivity contribution < 1.29 is 4.79 Å². The van der Waals surface area contributed by atoms with Crippen molar-refractivity contribution in [3.05, 3.63) is 46.8 Å². The molecule has 0 aliphatic carbocycles. The molecule has 130 valence electrons. The molecule has 1 aromatic carbocycles. The van der Waals surface area contributed by atoms with Crippen LogP contribution in [0.25, 0.3) is 5.78 Å². The summed E-state index contributed by atoms with van der Waals surface area (Å²) in [5.74, 6) is 0.485. The standard InChI is InChI=1S/C18H21N5OS/c1-10-6-7-15(11(2)8-10)20-16(24)14(5)25-18-21-17-19-12(3)9-13(4)23(17)22-18/h6-9,14H,1-5H3,(H,20,24). The Morgan fingerprint density at radius 3 is 2.64 bits per heavy atom. The quantitative estimate of drug-likeness (QED) is 0.726. The maximum atomic E-state index is 12.5. The van der Waals surface area contributed by atoms with Gasteiger partial charge in [-0.1, -0.05) is 29.5 Å². The number of anilines is 1. The third kappa shape index (κ3) is 3.82. The van der Waals surface area contributed by atoms with E-state index in [4.69, 9.17) is 0 Å². The molecule has 0 bridgehead atoms. The highest BCUT2D eigenvalue weighted by molar-refractivity contribution is 8.00. The summed E-state index contributed by atoms with van der Waals surface area (Å²) < 4.78 is 1.70. The largest absolute Gasteiger partial charge is 0.325 e. The molecule has 7 heteroatoms. The molecule has 1 atom stereocenters. The molecular weight excluding hydrogens is 334 g/mol. The molecule has 25 heavy (non-hydrogen) atoms. The maximum Gasteiger partial charge on any atom is 0.253 e. The van der Waals surface area contributed by atoms with Crippen LogP contribution in [0.3, 0.4) is 0 Å². The number of fused-ring (bicyclic) bond motifs is 1. The van der Waals surface area contributed by atoms with Crippen LogP contribution in [0.2, 0.25) is 0 Å². The minimum atomic E-state index is -0.320. The van der Waals surface area contributed by atoms with Gasteiger partial charge in [0.15, 0.2) is 0 Å². The fourth-order valence-corrected chi connectivity index (χ4v) is 3.34. The predicted octanol–water partition coefficient (Wildman–Crippen LogP) is 3.48.